The molecule has 1 aliphatic heterocycles. The van der Waals surface area contributed by atoms with Gasteiger partial charge in [0.2, 0.25) is 5.91 Å². The fourth-order valence-corrected chi connectivity index (χ4v) is 4.09. The molecule has 108 valence electrons. The van der Waals surface area contributed by atoms with Crippen LogP contribution < -0.4 is 16.4 Å². The van der Waals surface area contributed by atoms with Crippen molar-refractivity contribution in [2.24, 2.45) is 11.7 Å². The molecular formula is C15H27N3O. The first-order valence-corrected chi connectivity index (χ1v) is 8.04. The van der Waals surface area contributed by atoms with Gasteiger partial charge in [-0.25, -0.2) is 0 Å². The lowest BCUT2D eigenvalue weighted by molar-refractivity contribution is -0.123. The van der Waals surface area contributed by atoms with E-state index in [1.807, 2.05) is 0 Å². The molecule has 0 aromatic heterocycles. The largest absolute Gasteiger partial charge is 0.352 e. The van der Waals surface area contributed by atoms with E-state index in [-0.39, 0.29) is 11.9 Å². The van der Waals surface area contributed by atoms with E-state index in [4.69, 9.17) is 5.73 Å². The highest BCUT2D eigenvalue weighted by atomic mass is 16.2. The van der Waals surface area contributed by atoms with Crippen molar-refractivity contribution in [2.45, 2.75) is 82.0 Å². The van der Waals surface area contributed by atoms with E-state index in [0.29, 0.717) is 18.1 Å². The van der Waals surface area contributed by atoms with Crippen LogP contribution in [0.4, 0.5) is 0 Å². The van der Waals surface area contributed by atoms with E-state index in [2.05, 4.69) is 10.6 Å². The van der Waals surface area contributed by atoms with Gasteiger partial charge in [-0.2, -0.15) is 0 Å². The number of carbonyl (C=O) groups is 1. The lowest BCUT2D eigenvalue weighted by Crippen LogP contribution is -2.48. The minimum absolute atomic E-state index is 0.0590. The summed E-state index contributed by atoms with van der Waals surface area (Å²) in [4.78, 5) is 12.3. The second-order valence-corrected chi connectivity index (χ2v) is 6.73. The van der Waals surface area contributed by atoms with Crippen molar-refractivity contribution in [1.29, 1.82) is 0 Å². The fraction of sp³-hybridized carbons (Fsp3) is 0.933. The molecule has 0 aromatic rings. The van der Waals surface area contributed by atoms with Crippen LogP contribution in [0.5, 0.6) is 0 Å². The SMILES string of the molecule is NC1CCC(NC(=O)C2CC3CCCCC3N2)CC1. The maximum absolute atomic E-state index is 12.3. The Morgan fingerprint density at radius 2 is 1.79 bits per heavy atom. The van der Waals surface area contributed by atoms with Crippen molar-refractivity contribution in [2.75, 3.05) is 0 Å². The average molecular weight is 265 g/mol. The first kappa shape index (κ1) is 13.4. The number of rotatable bonds is 2. The van der Waals surface area contributed by atoms with Crippen LogP contribution in [0.2, 0.25) is 0 Å². The topological polar surface area (TPSA) is 67.1 Å². The highest BCUT2D eigenvalue weighted by Gasteiger charge is 2.38. The Bertz CT molecular complexity index is 311. The molecule has 19 heavy (non-hydrogen) atoms. The number of nitrogens with one attached hydrogen (secondary N) is 2. The summed E-state index contributed by atoms with van der Waals surface area (Å²) in [7, 11) is 0. The molecule has 3 aliphatic rings. The molecule has 0 bridgehead atoms. The summed E-state index contributed by atoms with van der Waals surface area (Å²) in [6.45, 7) is 0. The van der Waals surface area contributed by atoms with Crippen LogP contribution in [0.25, 0.3) is 0 Å². The molecule has 4 N–H and O–H groups in total. The molecule has 0 aromatic carbocycles. The van der Waals surface area contributed by atoms with Crippen molar-refractivity contribution in [1.82, 2.24) is 10.6 Å². The van der Waals surface area contributed by atoms with Crippen LogP contribution in [-0.2, 0) is 4.79 Å². The van der Waals surface area contributed by atoms with Crippen LogP contribution in [0.15, 0.2) is 0 Å². The van der Waals surface area contributed by atoms with Crippen molar-refractivity contribution in [3.8, 4) is 0 Å². The Morgan fingerprint density at radius 1 is 1.05 bits per heavy atom. The van der Waals surface area contributed by atoms with Crippen LogP contribution in [0.1, 0.15) is 57.8 Å². The number of amides is 1. The first-order valence-electron chi connectivity index (χ1n) is 8.04. The van der Waals surface area contributed by atoms with Crippen molar-refractivity contribution in [3.05, 3.63) is 0 Å². The molecule has 3 unspecified atom stereocenters. The molecule has 3 rings (SSSR count). The molecule has 1 amide bonds. The van der Waals surface area contributed by atoms with Crippen molar-refractivity contribution < 1.29 is 4.79 Å². The van der Waals surface area contributed by atoms with Gasteiger partial charge in [0.05, 0.1) is 6.04 Å². The van der Waals surface area contributed by atoms with Crippen LogP contribution in [-0.4, -0.2) is 30.1 Å². The number of hydrogen-bond acceptors (Lipinski definition) is 3. The van der Waals surface area contributed by atoms with Gasteiger partial charge in [-0.15, -0.1) is 0 Å². The van der Waals surface area contributed by atoms with E-state index in [1.54, 1.807) is 0 Å². The zero-order valence-corrected chi connectivity index (χ0v) is 11.7. The Labute approximate surface area is 115 Å². The fourth-order valence-electron chi connectivity index (χ4n) is 4.09. The van der Waals surface area contributed by atoms with Gasteiger partial charge in [-0.3, -0.25) is 4.79 Å². The normalized spacial score (nSPS) is 42.7. The monoisotopic (exact) mass is 265 g/mol. The third-order valence-corrected chi connectivity index (χ3v) is 5.30. The first-order chi connectivity index (χ1) is 9.22. The number of carbonyl (C=O) groups excluding carboxylic acids is 1. The zero-order chi connectivity index (χ0) is 13.2. The van der Waals surface area contributed by atoms with Gasteiger partial charge in [-0.1, -0.05) is 12.8 Å². The maximum atomic E-state index is 12.3. The molecule has 3 atom stereocenters. The summed E-state index contributed by atoms with van der Waals surface area (Å²) < 4.78 is 0. The second-order valence-electron chi connectivity index (χ2n) is 6.73. The number of nitrogens with two attached hydrogens (primary N) is 1. The van der Waals surface area contributed by atoms with Crippen LogP contribution >= 0.6 is 0 Å². The predicted molar refractivity (Wildman–Crippen MR) is 75.7 cm³/mol. The van der Waals surface area contributed by atoms with Gasteiger partial charge in [0.25, 0.3) is 0 Å². The second kappa shape index (κ2) is 5.80. The molecular weight excluding hydrogens is 238 g/mol. The number of fused-ring (bicyclic) bond motifs is 1. The van der Waals surface area contributed by atoms with Gasteiger partial charge in [0.15, 0.2) is 0 Å². The summed E-state index contributed by atoms with van der Waals surface area (Å²) in [5.74, 6) is 0.971. The van der Waals surface area contributed by atoms with Gasteiger partial charge < -0.3 is 16.4 Å². The number of hydrogen-bond donors (Lipinski definition) is 3. The molecule has 1 saturated heterocycles. The zero-order valence-electron chi connectivity index (χ0n) is 11.7. The van der Waals surface area contributed by atoms with Gasteiger partial charge >= 0.3 is 0 Å². The molecule has 3 fully saturated rings. The summed E-state index contributed by atoms with van der Waals surface area (Å²) in [6.07, 6.45) is 10.5. The lowest BCUT2D eigenvalue weighted by atomic mass is 9.85. The van der Waals surface area contributed by atoms with E-state index in [1.165, 1.54) is 25.7 Å². The van der Waals surface area contributed by atoms with Crippen molar-refractivity contribution >= 4 is 5.91 Å². The Hall–Kier alpha value is -0.610. The molecule has 2 saturated carbocycles. The third-order valence-electron chi connectivity index (χ3n) is 5.30. The predicted octanol–water partition coefficient (Wildman–Crippen LogP) is 1.29. The highest BCUT2D eigenvalue weighted by Crippen LogP contribution is 2.33. The van der Waals surface area contributed by atoms with Crippen LogP contribution in [0, 0.1) is 5.92 Å². The summed E-state index contributed by atoms with van der Waals surface area (Å²) >= 11 is 0. The van der Waals surface area contributed by atoms with E-state index in [9.17, 15) is 4.79 Å². The summed E-state index contributed by atoms with van der Waals surface area (Å²) in [5, 5.41) is 6.79. The smallest absolute Gasteiger partial charge is 0.237 e. The standard InChI is InChI=1S/C15H27N3O/c16-11-5-7-12(8-6-11)17-15(19)14-9-10-3-1-2-4-13(10)18-14/h10-14,18H,1-9,16H2,(H,17,19). The molecule has 4 nitrogen and oxygen atoms in total. The Morgan fingerprint density at radius 3 is 2.53 bits per heavy atom. The molecule has 4 heteroatoms. The summed E-state index contributed by atoms with van der Waals surface area (Å²) in [6, 6.07) is 1.37. The van der Waals surface area contributed by atoms with E-state index < -0.39 is 0 Å². The van der Waals surface area contributed by atoms with E-state index in [0.717, 1.165) is 38.0 Å². The van der Waals surface area contributed by atoms with Crippen molar-refractivity contribution in [3.63, 3.8) is 0 Å². The molecule has 2 aliphatic carbocycles. The maximum Gasteiger partial charge on any atom is 0.237 e. The molecule has 0 radical (unpaired) electrons. The minimum Gasteiger partial charge on any atom is -0.352 e. The van der Waals surface area contributed by atoms with Crippen LogP contribution in [0.3, 0.4) is 0 Å². The molecule has 1 heterocycles. The summed E-state index contributed by atoms with van der Waals surface area (Å²) in [5.41, 5.74) is 5.90. The van der Waals surface area contributed by atoms with Gasteiger partial charge in [0, 0.05) is 18.1 Å². The third kappa shape index (κ3) is 3.11. The minimum atomic E-state index is 0.0590. The Kier molecular flexibility index (Phi) is 4.08. The molecule has 0 spiro atoms. The Balaban J connectivity index is 1.48. The lowest BCUT2D eigenvalue weighted by Gasteiger charge is -2.28. The quantitative estimate of drug-likeness (QED) is 0.705. The van der Waals surface area contributed by atoms with E-state index >= 15 is 0 Å². The van der Waals surface area contributed by atoms with Gasteiger partial charge in [0.1, 0.15) is 0 Å². The average Bonchev–Trinajstić information content (AvgIpc) is 2.85. The highest BCUT2D eigenvalue weighted by molar-refractivity contribution is 5.82. The van der Waals surface area contributed by atoms with Gasteiger partial charge in [-0.05, 0) is 50.9 Å².